The largest absolute Gasteiger partial charge is 0.450 e. The van der Waals surface area contributed by atoms with Gasteiger partial charge >= 0.3 is 5.97 Å². The number of hydrogen-bond acceptors (Lipinski definition) is 2. The average molecular weight is 264 g/mol. The molecule has 2 aliphatic rings. The minimum Gasteiger partial charge on any atom is -0.450 e. The molecule has 60 valence electrons. The van der Waals surface area contributed by atoms with E-state index in [-0.39, 0.29) is 11.6 Å². The molecule has 0 bridgehead atoms. The molecule has 0 amide bonds. The molecule has 0 N–H and O–H groups in total. The second-order valence-electron chi connectivity index (χ2n) is 3.11. The van der Waals surface area contributed by atoms with Crippen LogP contribution in [0.3, 0.4) is 0 Å². The number of halogens is 1. The zero-order valence-electron chi connectivity index (χ0n) is 6.10. The first-order valence-electron chi connectivity index (χ1n) is 3.83. The van der Waals surface area contributed by atoms with Crippen molar-refractivity contribution in [2.45, 2.75) is 31.3 Å². The fourth-order valence-corrected chi connectivity index (χ4v) is 2.71. The zero-order valence-corrected chi connectivity index (χ0v) is 8.26. The Labute approximate surface area is 79.1 Å². The maximum atomic E-state index is 10.9. The molecule has 1 spiro atoms. The van der Waals surface area contributed by atoms with Gasteiger partial charge in [0.05, 0.1) is 5.57 Å². The van der Waals surface area contributed by atoms with Crippen LogP contribution in [0.5, 0.6) is 0 Å². The highest BCUT2D eigenvalue weighted by molar-refractivity contribution is 14.1. The molecule has 1 heterocycles. The summed E-state index contributed by atoms with van der Waals surface area (Å²) in [5, 5.41) is 0. The summed E-state index contributed by atoms with van der Waals surface area (Å²) < 4.78 is 7.05. The minimum absolute atomic E-state index is 0.110. The van der Waals surface area contributed by atoms with E-state index < -0.39 is 0 Å². The van der Waals surface area contributed by atoms with Crippen molar-refractivity contribution in [3.8, 4) is 0 Å². The molecule has 0 unspecified atom stereocenters. The third kappa shape index (κ3) is 0.931. The number of hydrogen-bond donors (Lipinski definition) is 0. The Morgan fingerprint density at radius 2 is 2.09 bits per heavy atom. The topological polar surface area (TPSA) is 26.3 Å². The van der Waals surface area contributed by atoms with Crippen LogP contribution < -0.4 is 0 Å². The van der Waals surface area contributed by atoms with E-state index in [1.165, 1.54) is 12.8 Å². The molecule has 2 rings (SSSR count). The maximum Gasteiger partial charge on any atom is 0.339 e. The van der Waals surface area contributed by atoms with Crippen molar-refractivity contribution in [2.75, 3.05) is 0 Å². The molecule has 1 saturated heterocycles. The highest BCUT2D eigenvalue weighted by Gasteiger charge is 2.52. The van der Waals surface area contributed by atoms with Crippen LogP contribution in [-0.2, 0) is 9.53 Å². The Kier molecular flexibility index (Phi) is 1.70. The molecule has 0 atom stereocenters. The summed E-state index contributed by atoms with van der Waals surface area (Å²) in [6, 6.07) is 0. The SMILES string of the molecule is O=C1OC2(CCCC2)/C1=C/I. The van der Waals surface area contributed by atoms with Gasteiger partial charge in [-0.25, -0.2) is 4.79 Å². The van der Waals surface area contributed by atoms with Crippen molar-refractivity contribution in [3.63, 3.8) is 0 Å². The normalized spacial score (nSPS) is 30.6. The van der Waals surface area contributed by atoms with Gasteiger partial charge in [-0.05, 0) is 29.8 Å². The molecule has 3 heteroatoms. The summed E-state index contributed by atoms with van der Waals surface area (Å²) in [7, 11) is 0. The monoisotopic (exact) mass is 264 g/mol. The quantitative estimate of drug-likeness (QED) is 0.381. The molecular formula is C8H9IO2. The van der Waals surface area contributed by atoms with Gasteiger partial charge in [-0.3, -0.25) is 0 Å². The van der Waals surface area contributed by atoms with Gasteiger partial charge in [0.1, 0.15) is 5.60 Å². The number of ether oxygens (including phenoxy) is 1. The van der Waals surface area contributed by atoms with Crippen molar-refractivity contribution in [1.82, 2.24) is 0 Å². The summed E-state index contributed by atoms with van der Waals surface area (Å²) in [5.74, 6) is -0.110. The van der Waals surface area contributed by atoms with Crippen molar-refractivity contribution in [1.29, 1.82) is 0 Å². The highest BCUT2D eigenvalue weighted by Crippen LogP contribution is 2.47. The zero-order chi connectivity index (χ0) is 7.90. The van der Waals surface area contributed by atoms with Crippen LogP contribution in [0.25, 0.3) is 0 Å². The van der Waals surface area contributed by atoms with E-state index in [2.05, 4.69) is 22.6 Å². The van der Waals surface area contributed by atoms with E-state index in [4.69, 9.17) is 4.74 Å². The lowest BCUT2D eigenvalue weighted by Crippen LogP contribution is -2.48. The molecule has 2 nitrogen and oxygen atoms in total. The lowest BCUT2D eigenvalue weighted by Gasteiger charge is -2.39. The van der Waals surface area contributed by atoms with Crippen molar-refractivity contribution < 1.29 is 9.53 Å². The Morgan fingerprint density at radius 1 is 1.45 bits per heavy atom. The molecule has 2 fully saturated rings. The van der Waals surface area contributed by atoms with E-state index in [1.54, 1.807) is 0 Å². The molecule has 11 heavy (non-hydrogen) atoms. The van der Waals surface area contributed by atoms with E-state index in [9.17, 15) is 4.79 Å². The maximum absolute atomic E-state index is 10.9. The lowest BCUT2D eigenvalue weighted by molar-refractivity contribution is -0.170. The highest BCUT2D eigenvalue weighted by atomic mass is 127. The number of esters is 1. The summed E-state index contributed by atoms with van der Waals surface area (Å²) >= 11 is 2.12. The molecule has 1 aliphatic carbocycles. The fraction of sp³-hybridized carbons (Fsp3) is 0.625. The van der Waals surface area contributed by atoms with Crippen molar-refractivity contribution in [3.05, 3.63) is 9.66 Å². The van der Waals surface area contributed by atoms with Gasteiger partial charge < -0.3 is 4.74 Å². The molecule has 0 aromatic heterocycles. The van der Waals surface area contributed by atoms with Gasteiger partial charge in [0.15, 0.2) is 0 Å². The first-order chi connectivity index (χ1) is 5.28. The lowest BCUT2D eigenvalue weighted by atomic mass is 9.88. The molecule has 0 aromatic carbocycles. The van der Waals surface area contributed by atoms with Gasteiger partial charge in [-0.15, -0.1) is 0 Å². The van der Waals surface area contributed by atoms with Gasteiger partial charge in [0.25, 0.3) is 0 Å². The molecule has 0 aromatic rings. The molecular weight excluding hydrogens is 255 g/mol. The first kappa shape index (κ1) is 7.58. The Hall–Kier alpha value is -0.0600. The van der Waals surface area contributed by atoms with Gasteiger partial charge in [-0.1, -0.05) is 22.6 Å². The van der Waals surface area contributed by atoms with Crippen LogP contribution in [0, 0.1) is 0 Å². The summed E-state index contributed by atoms with van der Waals surface area (Å²) in [6.45, 7) is 0. The number of rotatable bonds is 0. The Morgan fingerprint density at radius 3 is 2.55 bits per heavy atom. The summed E-state index contributed by atoms with van der Waals surface area (Å²) in [6.07, 6.45) is 4.46. The Bertz CT molecular complexity index is 226. The second-order valence-corrected chi connectivity index (χ2v) is 3.74. The van der Waals surface area contributed by atoms with Gasteiger partial charge in [0, 0.05) is 0 Å². The standard InChI is InChI=1S/C8H9IO2/c9-5-6-7(10)11-8(6)3-1-2-4-8/h5H,1-4H2/b6-5+. The van der Waals surface area contributed by atoms with Crippen LogP contribution in [0.4, 0.5) is 0 Å². The van der Waals surface area contributed by atoms with E-state index in [0.717, 1.165) is 18.4 Å². The smallest absolute Gasteiger partial charge is 0.339 e. The fourth-order valence-electron chi connectivity index (χ4n) is 1.89. The number of carbonyl (C=O) groups excluding carboxylic acids is 1. The van der Waals surface area contributed by atoms with Crippen LogP contribution in [-0.4, -0.2) is 11.6 Å². The van der Waals surface area contributed by atoms with Crippen molar-refractivity contribution >= 4 is 28.6 Å². The molecule has 1 aliphatic heterocycles. The summed E-state index contributed by atoms with van der Waals surface area (Å²) in [5.41, 5.74) is 0.758. The van der Waals surface area contributed by atoms with Crippen LogP contribution >= 0.6 is 22.6 Å². The van der Waals surface area contributed by atoms with Crippen LogP contribution in [0.2, 0.25) is 0 Å². The predicted octanol–water partition coefficient (Wildman–Crippen LogP) is 2.17. The number of carbonyl (C=O) groups is 1. The third-order valence-corrected chi connectivity index (χ3v) is 3.14. The molecule has 1 saturated carbocycles. The van der Waals surface area contributed by atoms with Gasteiger partial charge in [0.2, 0.25) is 0 Å². The Balaban J connectivity index is 2.23. The minimum atomic E-state index is -0.141. The van der Waals surface area contributed by atoms with E-state index in [0.29, 0.717) is 0 Å². The van der Waals surface area contributed by atoms with Crippen molar-refractivity contribution in [2.24, 2.45) is 0 Å². The second kappa shape index (κ2) is 2.47. The van der Waals surface area contributed by atoms with E-state index >= 15 is 0 Å². The summed E-state index contributed by atoms with van der Waals surface area (Å²) in [4.78, 5) is 10.9. The van der Waals surface area contributed by atoms with Crippen LogP contribution in [0.15, 0.2) is 9.66 Å². The van der Waals surface area contributed by atoms with E-state index in [1.807, 2.05) is 4.08 Å². The predicted molar refractivity (Wildman–Crippen MR) is 49.4 cm³/mol. The van der Waals surface area contributed by atoms with Gasteiger partial charge in [-0.2, -0.15) is 0 Å². The first-order valence-corrected chi connectivity index (χ1v) is 5.07. The third-order valence-electron chi connectivity index (χ3n) is 2.52. The van der Waals surface area contributed by atoms with Crippen LogP contribution in [0.1, 0.15) is 25.7 Å². The molecule has 0 radical (unpaired) electrons. The average Bonchev–Trinajstić information content (AvgIpc) is 2.38.